The standard InChI is InChI=1S/C13H15N3O2/c1-8-14-10-5-4-9(7-11(10)15-8)16-13(17)12-3-2-6-18-12/h4-5,7,12H,2-3,6H2,1H3,(H,14,15)(H,16,17). The van der Waals surface area contributed by atoms with Crippen LogP contribution in [0.25, 0.3) is 11.0 Å². The van der Waals surface area contributed by atoms with E-state index in [1.165, 1.54) is 0 Å². The fourth-order valence-corrected chi connectivity index (χ4v) is 2.22. The van der Waals surface area contributed by atoms with E-state index < -0.39 is 0 Å². The minimum atomic E-state index is -0.302. The Morgan fingerprint density at radius 3 is 3.22 bits per heavy atom. The molecular formula is C13H15N3O2. The largest absolute Gasteiger partial charge is 0.368 e. The zero-order valence-corrected chi connectivity index (χ0v) is 10.2. The third-order valence-corrected chi connectivity index (χ3v) is 3.09. The molecule has 1 aliphatic rings. The molecule has 0 saturated carbocycles. The number of nitrogens with one attached hydrogen (secondary N) is 2. The average Bonchev–Trinajstić information content (AvgIpc) is 2.95. The van der Waals surface area contributed by atoms with Gasteiger partial charge in [0, 0.05) is 12.3 Å². The van der Waals surface area contributed by atoms with Crippen molar-refractivity contribution in [1.82, 2.24) is 9.97 Å². The molecule has 1 aromatic heterocycles. The maximum atomic E-state index is 11.9. The smallest absolute Gasteiger partial charge is 0.253 e. The van der Waals surface area contributed by atoms with Crippen LogP contribution in [-0.4, -0.2) is 28.6 Å². The van der Waals surface area contributed by atoms with E-state index in [0.29, 0.717) is 6.61 Å². The summed E-state index contributed by atoms with van der Waals surface area (Å²) in [5.74, 6) is 0.802. The van der Waals surface area contributed by atoms with Gasteiger partial charge in [-0.3, -0.25) is 4.79 Å². The van der Waals surface area contributed by atoms with Crippen molar-refractivity contribution in [3.63, 3.8) is 0 Å². The lowest BCUT2D eigenvalue weighted by Crippen LogP contribution is -2.26. The Balaban J connectivity index is 1.79. The lowest BCUT2D eigenvalue weighted by molar-refractivity contribution is -0.124. The summed E-state index contributed by atoms with van der Waals surface area (Å²) in [6.45, 7) is 2.58. The van der Waals surface area contributed by atoms with E-state index in [2.05, 4.69) is 15.3 Å². The van der Waals surface area contributed by atoms with Crippen molar-refractivity contribution >= 4 is 22.6 Å². The van der Waals surface area contributed by atoms with Gasteiger partial charge >= 0.3 is 0 Å². The molecule has 0 bridgehead atoms. The molecule has 2 heterocycles. The lowest BCUT2D eigenvalue weighted by atomic mass is 10.2. The highest BCUT2D eigenvalue weighted by Gasteiger charge is 2.23. The SMILES string of the molecule is Cc1nc2ccc(NC(=O)C3CCCO3)cc2[nH]1. The van der Waals surface area contributed by atoms with Crippen LogP contribution in [-0.2, 0) is 9.53 Å². The number of H-pyrrole nitrogens is 1. The van der Waals surface area contributed by atoms with Crippen molar-refractivity contribution in [2.75, 3.05) is 11.9 Å². The maximum absolute atomic E-state index is 11.9. The Kier molecular flexibility index (Phi) is 2.76. The second-order valence-electron chi connectivity index (χ2n) is 4.55. The van der Waals surface area contributed by atoms with Gasteiger partial charge in [0.2, 0.25) is 0 Å². The number of amides is 1. The summed E-state index contributed by atoms with van der Waals surface area (Å²) >= 11 is 0. The quantitative estimate of drug-likeness (QED) is 0.850. The van der Waals surface area contributed by atoms with Crippen molar-refractivity contribution in [2.24, 2.45) is 0 Å². The lowest BCUT2D eigenvalue weighted by Gasteiger charge is -2.10. The number of aromatic amines is 1. The molecule has 5 nitrogen and oxygen atoms in total. The summed E-state index contributed by atoms with van der Waals surface area (Å²) < 4.78 is 5.35. The van der Waals surface area contributed by atoms with Gasteiger partial charge in [-0.2, -0.15) is 0 Å². The van der Waals surface area contributed by atoms with Crippen molar-refractivity contribution < 1.29 is 9.53 Å². The van der Waals surface area contributed by atoms with E-state index >= 15 is 0 Å². The zero-order valence-electron chi connectivity index (χ0n) is 10.2. The van der Waals surface area contributed by atoms with Gasteiger partial charge < -0.3 is 15.0 Å². The van der Waals surface area contributed by atoms with Crippen LogP contribution >= 0.6 is 0 Å². The second-order valence-corrected chi connectivity index (χ2v) is 4.55. The minimum Gasteiger partial charge on any atom is -0.368 e. The number of carbonyl (C=O) groups is 1. The molecule has 2 N–H and O–H groups in total. The van der Waals surface area contributed by atoms with E-state index in [1.54, 1.807) is 0 Å². The van der Waals surface area contributed by atoms with Gasteiger partial charge in [0.25, 0.3) is 5.91 Å². The van der Waals surface area contributed by atoms with E-state index in [1.807, 2.05) is 25.1 Å². The fraction of sp³-hybridized carbons (Fsp3) is 0.385. The Morgan fingerprint density at radius 1 is 1.56 bits per heavy atom. The Hall–Kier alpha value is -1.88. The molecule has 2 aromatic rings. The third-order valence-electron chi connectivity index (χ3n) is 3.09. The highest BCUT2D eigenvalue weighted by Crippen LogP contribution is 2.19. The van der Waals surface area contributed by atoms with Gasteiger partial charge in [-0.1, -0.05) is 0 Å². The number of fused-ring (bicyclic) bond motifs is 1. The molecule has 5 heteroatoms. The molecule has 0 aliphatic carbocycles. The molecule has 1 saturated heterocycles. The molecule has 1 amide bonds. The number of nitrogens with zero attached hydrogens (tertiary/aromatic N) is 1. The summed E-state index contributed by atoms with van der Waals surface area (Å²) in [6.07, 6.45) is 1.46. The maximum Gasteiger partial charge on any atom is 0.253 e. The first kappa shape index (κ1) is 11.2. The summed E-state index contributed by atoms with van der Waals surface area (Å²) in [5.41, 5.74) is 2.60. The number of aromatic nitrogens is 2. The van der Waals surface area contributed by atoms with Gasteiger partial charge in [-0.05, 0) is 38.0 Å². The van der Waals surface area contributed by atoms with Crippen LogP contribution < -0.4 is 5.32 Å². The molecule has 1 aromatic carbocycles. The van der Waals surface area contributed by atoms with Crippen molar-refractivity contribution in [3.05, 3.63) is 24.0 Å². The number of rotatable bonds is 2. The molecular weight excluding hydrogens is 230 g/mol. The van der Waals surface area contributed by atoms with Gasteiger partial charge in [0.15, 0.2) is 0 Å². The van der Waals surface area contributed by atoms with Gasteiger partial charge in [-0.15, -0.1) is 0 Å². The predicted octanol–water partition coefficient (Wildman–Crippen LogP) is 1.99. The summed E-state index contributed by atoms with van der Waals surface area (Å²) in [6, 6.07) is 5.64. The van der Waals surface area contributed by atoms with E-state index in [4.69, 9.17) is 4.74 Å². The van der Waals surface area contributed by atoms with Crippen molar-refractivity contribution in [1.29, 1.82) is 0 Å². The van der Waals surface area contributed by atoms with Gasteiger partial charge in [0.1, 0.15) is 11.9 Å². The summed E-state index contributed by atoms with van der Waals surface area (Å²) in [5, 5.41) is 2.87. The molecule has 1 fully saturated rings. The number of carbonyl (C=O) groups excluding carboxylic acids is 1. The molecule has 1 atom stereocenters. The van der Waals surface area contributed by atoms with Crippen LogP contribution in [0.2, 0.25) is 0 Å². The molecule has 94 valence electrons. The number of imidazole rings is 1. The average molecular weight is 245 g/mol. The number of ether oxygens (including phenoxy) is 1. The number of anilines is 1. The fourth-order valence-electron chi connectivity index (χ4n) is 2.22. The third kappa shape index (κ3) is 2.09. The van der Waals surface area contributed by atoms with Crippen LogP contribution in [0.15, 0.2) is 18.2 Å². The minimum absolute atomic E-state index is 0.0666. The van der Waals surface area contributed by atoms with Gasteiger partial charge in [0.05, 0.1) is 11.0 Å². The molecule has 0 spiro atoms. The first-order chi connectivity index (χ1) is 8.72. The number of hydrogen-bond acceptors (Lipinski definition) is 3. The number of benzene rings is 1. The summed E-state index contributed by atoms with van der Waals surface area (Å²) in [7, 11) is 0. The van der Waals surface area contributed by atoms with E-state index in [0.717, 1.165) is 35.4 Å². The summed E-state index contributed by atoms with van der Waals surface area (Å²) in [4.78, 5) is 19.4. The Labute approximate surface area is 105 Å². The highest BCUT2D eigenvalue weighted by molar-refractivity contribution is 5.96. The van der Waals surface area contributed by atoms with Crippen molar-refractivity contribution in [2.45, 2.75) is 25.9 Å². The van der Waals surface area contributed by atoms with Crippen molar-refractivity contribution in [3.8, 4) is 0 Å². The van der Waals surface area contributed by atoms with Crippen LogP contribution in [0.3, 0.4) is 0 Å². The second kappa shape index (κ2) is 4.42. The Bertz CT molecular complexity index is 585. The Morgan fingerprint density at radius 2 is 2.44 bits per heavy atom. The highest BCUT2D eigenvalue weighted by atomic mass is 16.5. The van der Waals surface area contributed by atoms with E-state index in [-0.39, 0.29) is 12.0 Å². The number of aryl methyl sites for hydroxylation is 1. The van der Waals surface area contributed by atoms with Gasteiger partial charge in [-0.25, -0.2) is 4.98 Å². The van der Waals surface area contributed by atoms with Crippen LogP contribution in [0.4, 0.5) is 5.69 Å². The molecule has 18 heavy (non-hydrogen) atoms. The number of hydrogen-bond donors (Lipinski definition) is 2. The first-order valence-electron chi connectivity index (χ1n) is 6.11. The molecule has 1 aliphatic heterocycles. The molecule has 1 unspecified atom stereocenters. The molecule has 3 rings (SSSR count). The zero-order chi connectivity index (χ0) is 12.5. The molecule has 0 radical (unpaired) electrons. The normalized spacial score (nSPS) is 19.3. The van der Waals surface area contributed by atoms with Crippen LogP contribution in [0, 0.1) is 6.92 Å². The predicted molar refractivity (Wildman–Crippen MR) is 68.4 cm³/mol. The van der Waals surface area contributed by atoms with Crippen LogP contribution in [0.5, 0.6) is 0 Å². The topological polar surface area (TPSA) is 67.0 Å². The van der Waals surface area contributed by atoms with Crippen LogP contribution in [0.1, 0.15) is 18.7 Å². The van der Waals surface area contributed by atoms with E-state index in [9.17, 15) is 4.79 Å². The monoisotopic (exact) mass is 245 g/mol. The first-order valence-corrected chi connectivity index (χ1v) is 6.11.